The van der Waals surface area contributed by atoms with Crippen molar-refractivity contribution >= 4 is 17.7 Å². The highest BCUT2D eigenvalue weighted by molar-refractivity contribution is 5.99. The van der Waals surface area contributed by atoms with Crippen molar-refractivity contribution in [1.82, 2.24) is 4.98 Å². The van der Waals surface area contributed by atoms with Crippen molar-refractivity contribution in [3.8, 4) is 17.2 Å². The number of nitrogens with zero attached hydrogens (tertiary/aromatic N) is 1. The highest BCUT2D eigenvalue weighted by atomic mass is 19.1. The van der Waals surface area contributed by atoms with Crippen LogP contribution in [0.2, 0.25) is 0 Å². The Kier molecular flexibility index (Phi) is 9.60. The van der Waals surface area contributed by atoms with E-state index < -0.39 is 35.6 Å². The molecule has 0 amide bonds. The summed E-state index contributed by atoms with van der Waals surface area (Å²) in [5.41, 5.74) is 0.702. The Balaban J connectivity index is 1.77. The van der Waals surface area contributed by atoms with Crippen molar-refractivity contribution in [2.75, 3.05) is 14.2 Å². The first-order valence-electron chi connectivity index (χ1n) is 12.4. The Hall–Kier alpha value is -3.49. The fourth-order valence-corrected chi connectivity index (χ4v) is 5.03. The van der Waals surface area contributed by atoms with Gasteiger partial charge in [-0.2, -0.15) is 0 Å². The van der Waals surface area contributed by atoms with Crippen molar-refractivity contribution in [2.24, 2.45) is 11.8 Å². The molecule has 0 N–H and O–H groups in total. The Morgan fingerprint density at radius 1 is 1.05 bits per heavy atom. The predicted molar refractivity (Wildman–Crippen MR) is 133 cm³/mol. The van der Waals surface area contributed by atoms with Gasteiger partial charge < -0.3 is 18.9 Å². The summed E-state index contributed by atoms with van der Waals surface area (Å²) in [7, 11) is 2.87. The van der Waals surface area contributed by atoms with Gasteiger partial charge in [0.05, 0.1) is 20.1 Å². The van der Waals surface area contributed by atoms with Crippen LogP contribution in [0.5, 0.6) is 17.2 Å². The number of methoxy groups -OCH3 is 2. The molecule has 3 atom stereocenters. The van der Waals surface area contributed by atoms with E-state index in [9.17, 15) is 18.8 Å². The highest BCUT2D eigenvalue weighted by Gasteiger charge is 2.36. The molecule has 1 aromatic carbocycles. The number of ketones is 1. The number of ether oxygens (including phenoxy) is 4. The van der Waals surface area contributed by atoms with Crippen LogP contribution >= 0.6 is 0 Å². The monoisotopic (exact) mass is 515 g/mol. The highest BCUT2D eigenvalue weighted by Crippen LogP contribution is 2.43. The van der Waals surface area contributed by atoms with Crippen LogP contribution in [0.3, 0.4) is 0 Å². The Labute approximate surface area is 216 Å². The van der Waals surface area contributed by atoms with E-state index in [0.29, 0.717) is 5.75 Å². The summed E-state index contributed by atoms with van der Waals surface area (Å²) in [6.45, 7) is 4.63. The van der Waals surface area contributed by atoms with Crippen molar-refractivity contribution < 1.29 is 37.7 Å². The second-order valence-electron chi connectivity index (χ2n) is 9.41. The number of benzene rings is 1. The van der Waals surface area contributed by atoms with E-state index in [1.165, 1.54) is 45.5 Å². The lowest BCUT2D eigenvalue weighted by molar-refractivity contribution is -0.154. The molecule has 0 saturated heterocycles. The van der Waals surface area contributed by atoms with E-state index >= 15 is 0 Å². The number of esters is 2. The molecule has 8 nitrogen and oxygen atoms in total. The molecule has 1 aliphatic rings. The number of rotatable bonds is 11. The third-order valence-electron chi connectivity index (χ3n) is 6.76. The second-order valence-corrected chi connectivity index (χ2v) is 9.41. The van der Waals surface area contributed by atoms with Crippen LogP contribution in [0.15, 0.2) is 30.5 Å². The molecule has 1 heterocycles. The van der Waals surface area contributed by atoms with Crippen LogP contribution in [0.1, 0.15) is 74.8 Å². The van der Waals surface area contributed by atoms with Crippen molar-refractivity contribution in [2.45, 2.75) is 64.9 Å². The number of halogens is 1. The van der Waals surface area contributed by atoms with Crippen LogP contribution in [0.25, 0.3) is 0 Å². The predicted octanol–water partition coefficient (Wildman–Crippen LogP) is 5.28. The number of carbonyl (C=O) groups is 3. The lowest BCUT2D eigenvalue weighted by Gasteiger charge is -2.31. The van der Waals surface area contributed by atoms with Gasteiger partial charge in [-0.3, -0.25) is 14.4 Å². The standard InChI is InChI=1S/C28H34FNO7/c1-16(14-22(32)26-27(37-18(3)31)23(34-4)12-13-30-26)28(33)36-17(2)25(19-8-6-7-9-19)21-11-10-20(29)15-24(21)35-5/h10-13,15-17,19,25H,6-9,14H2,1-5H3/t16-,17+,25-/m1/s1. The first-order valence-corrected chi connectivity index (χ1v) is 12.4. The van der Waals surface area contributed by atoms with Gasteiger partial charge in [0, 0.05) is 43.2 Å². The summed E-state index contributed by atoms with van der Waals surface area (Å²) in [6.07, 6.45) is 4.74. The molecule has 0 spiro atoms. The molecule has 0 radical (unpaired) electrons. The lowest BCUT2D eigenvalue weighted by Crippen LogP contribution is -2.30. The molecule has 9 heteroatoms. The molecule has 1 aliphatic carbocycles. The van der Waals surface area contributed by atoms with Crippen LogP contribution in [-0.2, 0) is 14.3 Å². The molecular formula is C28H34FNO7. The maximum absolute atomic E-state index is 13.9. The molecule has 2 aromatic rings. The molecule has 1 aromatic heterocycles. The summed E-state index contributed by atoms with van der Waals surface area (Å²) in [5.74, 6) is -2.24. The topological polar surface area (TPSA) is 101 Å². The molecule has 3 rings (SSSR count). The number of carbonyl (C=O) groups excluding carboxylic acids is 3. The van der Waals surface area contributed by atoms with Gasteiger partial charge in [-0.25, -0.2) is 9.37 Å². The number of hydrogen-bond acceptors (Lipinski definition) is 8. The average Bonchev–Trinajstić information content (AvgIpc) is 3.39. The van der Waals surface area contributed by atoms with Gasteiger partial charge in [-0.15, -0.1) is 0 Å². The number of pyridine rings is 1. The minimum absolute atomic E-state index is 0.0823. The van der Waals surface area contributed by atoms with Gasteiger partial charge in [-0.1, -0.05) is 25.8 Å². The number of aromatic nitrogens is 1. The zero-order chi connectivity index (χ0) is 27.1. The van der Waals surface area contributed by atoms with E-state index in [2.05, 4.69) is 4.98 Å². The lowest BCUT2D eigenvalue weighted by atomic mass is 9.80. The van der Waals surface area contributed by atoms with Gasteiger partial charge >= 0.3 is 11.9 Å². The minimum atomic E-state index is -0.785. The van der Waals surface area contributed by atoms with Gasteiger partial charge in [-0.05, 0) is 31.7 Å². The molecule has 1 fully saturated rings. The van der Waals surface area contributed by atoms with Crippen LogP contribution in [0.4, 0.5) is 4.39 Å². The van der Waals surface area contributed by atoms with Crippen LogP contribution in [-0.4, -0.2) is 43.0 Å². The maximum Gasteiger partial charge on any atom is 0.309 e. The SMILES string of the molecule is COc1cc(F)ccc1[C@@H](C1CCCC1)[C@H](C)OC(=O)[C@H](C)CC(=O)c1nccc(OC)c1OC(C)=O. The maximum atomic E-state index is 13.9. The average molecular weight is 516 g/mol. The van der Waals surface area contributed by atoms with Crippen molar-refractivity contribution in [1.29, 1.82) is 0 Å². The smallest absolute Gasteiger partial charge is 0.309 e. The van der Waals surface area contributed by atoms with E-state index in [4.69, 9.17) is 18.9 Å². The third-order valence-corrected chi connectivity index (χ3v) is 6.76. The van der Waals surface area contributed by atoms with E-state index in [-0.39, 0.29) is 35.4 Å². The van der Waals surface area contributed by atoms with Gasteiger partial charge in [0.15, 0.2) is 17.2 Å². The fraction of sp³-hybridized carbons (Fsp3) is 0.500. The Morgan fingerprint density at radius 2 is 1.73 bits per heavy atom. The Morgan fingerprint density at radius 3 is 2.35 bits per heavy atom. The number of hydrogen-bond donors (Lipinski definition) is 0. The molecule has 37 heavy (non-hydrogen) atoms. The molecule has 0 bridgehead atoms. The molecule has 200 valence electrons. The van der Waals surface area contributed by atoms with Crippen LogP contribution < -0.4 is 14.2 Å². The first kappa shape index (κ1) is 28.1. The molecule has 1 saturated carbocycles. The fourth-order valence-electron chi connectivity index (χ4n) is 5.03. The summed E-state index contributed by atoms with van der Waals surface area (Å²) in [5, 5.41) is 0. The van der Waals surface area contributed by atoms with Gasteiger partial charge in [0.2, 0.25) is 5.75 Å². The summed E-state index contributed by atoms with van der Waals surface area (Å²) in [4.78, 5) is 41.7. The zero-order valence-electron chi connectivity index (χ0n) is 21.9. The minimum Gasteiger partial charge on any atom is -0.496 e. The summed E-state index contributed by atoms with van der Waals surface area (Å²) < 4.78 is 35.5. The largest absolute Gasteiger partial charge is 0.496 e. The van der Waals surface area contributed by atoms with E-state index in [1.54, 1.807) is 13.0 Å². The van der Waals surface area contributed by atoms with Gasteiger partial charge in [0.25, 0.3) is 0 Å². The first-order chi connectivity index (χ1) is 17.7. The normalized spacial score (nSPS) is 15.9. The van der Waals surface area contributed by atoms with E-state index in [0.717, 1.165) is 31.2 Å². The molecular weight excluding hydrogens is 481 g/mol. The zero-order valence-corrected chi connectivity index (χ0v) is 21.9. The number of Topliss-reactive ketones (excluding diaryl/α,β-unsaturated/α-hetero) is 1. The van der Waals surface area contributed by atoms with Crippen molar-refractivity contribution in [3.63, 3.8) is 0 Å². The second kappa shape index (κ2) is 12.7. The molecule has 0 aliphatic heterocycles. The Bertz CT molecular complexity index is 1130. The summed E-state index contributed by atoms with van der Waals surface area (Å²) in [6, 6.07) is 5.90. The van der Waals surface area contributed by atoms with Crippen molar-refractivity contribution in [3.05, 3.63) is 47.5 Å². The summed E-state index contributed by atoms with van der Waals surface area (Å²) >= 11 is 0. The van der Waals surface area contributed by atoms with Crippen LogP contribution in [0, 0.1) is 17.7 Å². The third kappa shape index (κ3) is 6.84. The quantitative estimate of drug-likeness (QED) is 0.294. The molecule has 0 unspecified atom stereocenters. The van der Waals surface area contributed by atoms with Gasteiger partial charge in [0.1, 0.15) is 17.7 Å². The van der Waals surface area contributed by atoms with E-state index in [1.807, 2.05) is 6.92 Å².